The van der Waals surface area contributed by atoms with E-state index in [9.17, 15) is 0 Å². The molecular formula is C75H220O34Si34. The van der Waals surface area contributed by atoms with E-state index in [1.165, 1.54) is 7.11 Å². The van der Waals surface area contributed by atoms with Gasteiger partial charge in [0, 0.05) is 0 Å². The highest BCUT2D eigenvalue weighted by Gasteiger charge is 2.59. The Balaban J connectivity index is 5.94. The van der Waals surface area contributed by atoms with Gasteiger partial charge in [-0.3, -0.25) is 0 Å². The van der Waals surface area contributed by atoms with Gasteiger partial charge >= 0.3 is 257 Å². The van der Waals surface area contributed by atoms with Crippen molar-refractivity contribution in [3.63, 3.8) is 0 Å². The third-order valence-electron chi connectivity index (χ3n) is 18.3. The van der Waals surface area contributed by atoms with Crippen molar-refractivity contribution in [2.75, 3.05) is 13.7 Å². The Kier molecular flexibility index (Phi) is 53.8. The van der Waals surface area contributed by atoms with Crippen molar-refractivity contribution in [1.29, 1.82) is 0 Å². The number of hydrogen-bond acceptors (Lipinski definition) is 34. The Hall–Kier alpha value is 6.01. The monoisotopic (exact) mass is 2620 g/mol. The van der Waals surface area contributed by atoms with Crippen LogP contribution in [0.4, 0.5) is 0 Å². The predicted molar refractivity (Wildman–Crippen MR) is 667 cm³/mol. The molecule has 68 heteroatoms. The van der Waals surface area contributed by atoms with Crippen molar-refractivity contribution in [2.24, 2.45) is 0 Å². The lowest BCUT2D eigenvalue weighted by atomic mass is 10.5. The van der Waals surface area contributed by atoms with E-state index >= 15 is 0 Å². The Labute approximate surface area is 912 Å². The van der Waals surface area contributed by atoms with Gasteiger partial charge in [0.05, 0.1) is 13.7 Å². The quantitative estimate of drug-likeness (QED) is 0.0236. The molecular weight excluding hydrogens is 2400 g/mol. The molecule has 0 aromatic rings. The van der Waals surface area contributed by atoms with Gasteiger partial charge < -0.3 is 132 Å². The summed E-state index contributed by atoms with van der Waals surface area (Å²) in [6, 6.07) is 2.73. The molecule has 34 nitrogen and oxygen atoms in total. The fourth-order valence-electron chi connectivity index (χ4n) is 21.3. The Morgan fingerprint density at radius 1 is 0.105 bits per heavy atom. The molecule has 0 fully saturated rings. The van der Waals surface area contributed by atoms with E-state index in [0.29, 0.717) is 6.61 Å². The van der Waals surface area contributed by atoms with Crippen LogP contribution in [0, 0.1) is 0 Å². The first-order chi connectivity index (χ1) is 61.4. The van der Waals surface area contributed by atoms with Gasteiger partial charge in [-0.25, -0.2) is 9.78 Å². The van der Waals surface area contributed by atoms with Crippen molar-refractivity contribution < 1.29 is 141 Å². The average Bonchev–Trinajstić information content (AvgIpc) is 0.781. The van der Waals surface area contributed by atoms with Crippen molar-refractivity contribution >= 4 is 290 Å². The van der Waals surface area contributed by atoms with E-state index in [1.807, 2.05) is 0 Å². The molecule has 0 saturated heterocycles. The topological polar surface area (TPSA) is 314 Å². The summed E-state index contributed by atoms with van der Waals surface area (Å²) < 4.78 is 223. The molecule has 0 atom stereocenters. The van der Waals surface area contributed by atoms with Crippen LogP contribution in [-0.2, 0) is 141 Å². The first-order valence-electron chi connectivity index (χ1n) is 51.0. The summed E-state index contributed by atoms with van der Waals surface area (Å²) >= 11 is 0. The Bertz CT molecular complexity index is 3920. The maximum atomic E-state index is 7.21. The van der Waals surface area contributed by atoms with Crippen LogP contribution in [0.2, 0.25) is 470 Å². The fraction of sp³-hybridized carbons (Fsp3) is 1.00. The minimum atomic E-state index is -2.95. The first-order valence-corrected chi connectivity index (χ1v) is 148. The molecule has 0 aromatic carbocycles. The molecule has 0 spiro atoms. The van der Waals surface area contributed by atoms with Gasteiger partial charge in [0.1, 0.15) is 0 Å². The van der Waals surface area contributed by atoms with Crippen molar-refractivity contribution in [2.45, 2.75) is 476 Å². The molecule has 0 aliphatic rings. The summed E-state index contributed by atoms with van der Waals surface area (Å²) in [7, 11) is -92.2. The maximum Gasteiger partial charge on any atom is 0.314 e. The lowest BCUT2D eigenvalue weighted by molar-refractivity contribution is -0.272. The normalized spacial score (nSPS) is 16.2. The van der Waals surface area contributed by atoms with Gasteiger partial charge in [-0.15, -0.1) is 0 Å². The van der Waals surface area contributed by atoms with Crippen LogP contribution in [-0.4, -0.2) is 304 Å². The molecule has 860 valence electrons. The lowest BCUT2D eigenvalue weighted by Gasteiger charge is -2.45. The number of hydrogen-bond donors (Lipinski definition) is 0. The molecule has 0 aliphatic heterocycles. The van der Waals surface area contributed by atoms with E-state index in [2.05, 4.69) is 452 Å². The zero-order chi connectivity index (χ0) is 115. The summed E-state index contributed by atoms with van der Waals surface area (Å²) in [5.74, 6) is 0. The van der Waals surface area contributed by atoms with E-state index in [1.54, 1.807) is 0 Å². The Morgan fingerprint density at radius 2 is 0.189 bits per heavy atom. The first kappa shape index (κ1) is 149. The molecule has 0 saturated carbocycles. The molecule has 143 heavy (non-hydrogen) atoms. The van der Waals surface area contributed by atoms with E-state index in [0.717, 1.165) is 24.6 Å². The third kappa shape index (κ3) is 70.2. The van der Waals surface area contributed by atoms with Crippen molar-refractivity contribution in [3.05, 3.63) is 0 Å². The second-order valence-corrected chi connectivity index (χ2v) is 181. The van der Waals surface area contributed by atoms with E-state index in [-0.39, 0.29) is 0 Å². The van der Waals surface area contributed by atoms with Crippen LogP contribution >= 0.6 is 0 Å². The lowest BCUT2D eigenvalue weighted by Crippen LogP contribution is -2.63. The molecule has 0 heterocycles. The molecule has 0 aromatic heterocycles. The average molecular weight is 2620 g/mol. The largest absolute Gasteiger partial charge is 0.437 e. The minimum absolute atomic E-state index is 0.525. The smallest absolute Gasteiger partial charge is 0.314 e. The van der Waals surface area contributed by atoms with Crippen LogP contribution in [0.3, 0.4) is 0 Å². The maximum absolute atomic E-state index is 7.21. The summed E-state index contributed by atoms with van der Waals surface area (Å²) in [5.41, 5.74) is 0. The molecule has 0 amide bonds. The standard InChI is InChI=1S/C75H220O34Si34/c1-76-77-72-71-73-111(5,6)79-115(13,14)83-119(21,22)87-123(29,30)91-127(37,38)95-131(45,46)99-134(51,52)101-136(55,56)103-138(59,60)105-140(63,64)107-142(67,68)109-143(69,70)108-141(65,66)106-139(61,62)104-137(57,58)102-135(53,54)100-133(49,50)97-129(41,42)93-125(33,34)89-121(25,26)85-117(17,18)81-113(9,10)75-74-112(7,8)80-116(15,16)84-120(23,24)88-124(31,32)92-128(39,40)96-132(47,48)98-130(43,44)94-126(35,36)90-122(27,28)86-118(19,20)82-114(11,12)78-110(2,3)4/h71-75H2,1-70H3. The van der Waals surface area contributed by atoms with Gasteiger partial charge in [-0.1, -0.05) is 0 Å². The van der Waals surface area contributed by atoms with Gasteiger partial charge in [-0.2, -0.15) is 0 Å². The Morgan fingerprint density at radius 3 is 0.280 bits per heavy atom. The zero-order valence-corrected chi connectivity index (χ0v) is 138. The SMILES string of the molecule is COOCCC[Si](C)(C)O[Si](C)(C)O[Si](C)(C)O[Si](C)(C)O[Si](C)(C)O[Si](C)(C)O[Si](C)(C)O[Si](C)(C)O[Si](C)(C)O[Si](C)(C)O[Si](C)(C)O[Si](C)(C)O[Si](C)(C)O[Si](C)(C)O[Si](C)(C)O[Si](C)(C)O[Si](C)(C)O[Si](C)(C)O[Si](C)(C)O[Si](C)(C)O[Si](C)(C)O[Si](C)(C)CC[Si](C)(C)O[Si](C)(C)O[Si](C)(C)O[Si](C)(C)O[Si](C)(C)O[Si](C)(C)O[Si](C)(C)O[Si](C)(C)O[Si](C)(C)O[Si](C)(C)O[Si](C)(C)O[Si](C)(C)C. The highest BCUT2D eigenvalue weighted by molar-refractivity contribution is 7.00. The zero-order valence-electron chi connectivity index (χ0n) is 104. The predicted octanol–water partition coefficient (Wildman–Crippen LogP) is 27.0. The van der Waals surface area contributed by atoms with E-state index in [4.69, 9.17) is 141 Å². The second kappa shape index (κ2) is 51.6. The van der Waals surface area contributed by atoms with Crippen LogP contribution in [0.1, 0.15) is 6.42 Å². The molecule has 0 N–H and O–H groups in total. The van der Waals surface area contributed by atoms with Crippen LogP contribution in [0.25, 0.3) is 0 Å². The van der Waals surface area contributed by atoms with Crippen LogP contribution in [0.5, 0.6) is 0 Å². The van der Waals surface area contributed by atoms with Crippen molar-refractivity contribution in [1.82, 2.24) is 0 Å². The van der Waals surface area contributed by atoms with Gasteiger partial charge in [0.2, 0.25) is 0 Å². The molecule has 0 unspecified atom stereocenters. The highest BCUT2D eigenvalue weighted by atomic mass is 28.6. The summed E-state index contributed by atoms with van der Waals surface area (Å²) in [5, 5.41) is 0. The molecule has 0 aliphatic carbocycles. The van der Waals surface area contributed by atoms with Crippen LogP contribution < -0.4 is 0 Å². The van der Waals surface area contributed by atoms with Crippen molar-refractivity contribution in [3.8, 4) is 0 Å². The fourth-order valence-corrected chi connectivity index (χ4v) is 199. The number of rotatable bonds is 72. The van der Waals surface area contributed by atoms with Crippen LogP contribution in [0.15, 0.2) is 0 Å². The highest BCUT2D eigenvalue weighted by Crippen LogP contribution is 2.41. The molecule has 0 rings (SSSR count). The minimum Gasteiger partial charge on any atom is -0.437 e. The van der Waals surface area contributed by atoms with Gasteiger partial charge in [0.25, 0.3) is 0 Å². The summed E-state index contributed by atoms with van der Waals surface area (Å²) in [6.07, 6.45) is 0.854. The van der Waals surface area contributed by atoms with Gasteiger partial charge in [-0.05, 0) is 476 Å². The second-order valence-electron chi connectivity index (χ2n) is 54.2. The summed E-state index contributed by atoms with van der Waals surface area (Å²) in [6.45, 7) is 145. The van der Waals surface area contributed by atoms with Gasteiger partial charge in [0.15, 0.2) is 33.3 Å². The molecule has 0 radical (unpaired) electrons. The molecule has 0 bridgehead atoms. The summed E-state index contributed by atoms with van der Waals surface area (Å²) in [4.78, 5) is 9.90. The third-order valence-corrected chi connectivity index (χ3v) is 150. The van der Waals surface area contributed by atoms with E-state index < -0.39 is 290 Å².